The number of phenolic OH excluding ortho intramolecular Hbond substituents is 1. The monoisotopic (exact) mass is 235 g/mol. The number of nitrogens with one attached hydrogen (secondary N) is 1. The van der Waals surface area contributed by atoms with Crippen molar-refractivity contribution in [2.24, 2.45) is 0 Å². The van der Waals surface area contributed by atoms with Gasteiger partial charge >= 0.3 is 0 Å². The van der Waals surface area contributed by atoms with Crippen molar-refractivity contribution in [3.05, 3.63) is 29.8 Å². The summed E-state index contributed by atoms with van der Waals surface area (Å²) in [5, 5.41) is 12.5. The van der Waals surface area contributed by atoms with E-state index in [-0.39, 0.29) is 24.1 Å². The van der Waals surface area contributed by atoms with Crippen LogP contribution in [0.4, 0.5) is 0 Å². The molecule has 0 aliphatic rings. The van der Waals surface area contributed by atoms with Crippen LogP contribution in [0.25, 0.3) is 0 Å². The molecule has 1 amide bonds. The molecule has 1 aromatic rings. The maximum absolute atomic E-state index is 11.7. The number of rotatable bonds is 6. The Morgan fingerprint density at radius 1 is 1.41 bits per heavy atom. The standard InChI is InChI=1S/C14H21NO2/c1-3-4-7-11(2)15-14(17)10-12-8-5-6-9-13(12)16/h5-6,8-9,11,16H,3-4,7,10H2,1-2H3,(H,15,17). The van der Waals surface area contributed by atoms with E-state index in [1.807, 2.05) is 13.0 Å². The van der Waals surface area contributed by atoms with E-state index in [0.717, 1.165) is 19.3 Å². The van der Waals surface area contributed by atoms with Crippen LogP contribution in [-0.2, 0) is 11.2 Å². The number of hydrogen-bond donors (Lipinski definition) is 2. The molecule has 0 radical (unpaired) electrons. The number of para-hydroxylation sites is 1. The first-order chi connectivity index (χ1) is 8.13. The van der Waals surface area contributed by atoms with Gasteiger partial charge in [-0.15, -0.1) is 0 Å². The van der Waals surface area contributed by atoms with Crippen molar-refractivity contribution in [2.45, 2.75) is 45.6 Å². The minimum absolute atomic E-state index is 0.0323. The van der Waals surface area contributed by atoms with Gasteiger partial charge in [-0.05, 0) is 19.4 Å². The predicted octanol–water partition coefficient (Wildman–Crippen LogP) is 2.63. The maximum Gasteiger partial charge on any atom is 0.224 e. The number of hydrogen-bond acceptors (Lipinski definition) is 2. The zero-order chi connectivity index (χ0) is 12.7. The lowest BCUT2D eigenvalue weighted by Crippen LogP contribution is -2.33. The summed E-state index contributed by atoms with van der Waals surface area (Å²) in [7, 11) is 0. The van der Waals surface area contributed by atoms with Gasteiger partial charge in [0.1, 0.15) is 5.75 Å². The Morgan fingerprint density at radius 2 is 2.12 bits per heavy atom. The van der Waals surface area contributed by atoms with Gasteiger partial charge in [-0.2, -0.15) is 0 Å². The van der Waals surface area contributed by atoms with Crippen LogP contribution in [0.2, 0.25) is 0 Å². The van der Waals surface area contributed by atoms with E-state index < -0.39 is 0 Å². The van der Waals surface area contributed by atoms with E-state index in [9.17, 15) is 9.90 Å². The molecule has 2 N–H and O–H groups in total. The second-order valence-corrected chi connectivity index (χ2v) is 4.42. The van der Waals surface area contributed by atoms with Crippen LogP contribution in [0.5, 0.6) is 5.75 Å². The summed E-state index contributed by atoms with van der Waals surface area (Å²) < 4.78 is 0. The molecule has 1 rings (SSSR count). The van der Waals surface area contributed by atoms with Crippen molar-refractivity contribution in [1.82, 2.24) is 5.32 Å². The highest BCUT2D eigenvalue weighted by atomic mass is 16.3. The van der Waals surface area contributed by atoms with E-state index in [2.05, 4.69) is 12.2 Å². The normalized spacial score (nSPS) is 12.1. The van der Waals surface area contributed by atoms with E-state index >= 15 is 0 Å². The Balaban J connectivity index is 2.42. The fourth-order valence-electron chi connectivity index (χ4n) is 1.74. The fraction of sp³-hybridized carbons (Fsp3) is 0.500. The molecule has 3 heteroatoms. The Labute approximate surface area is 103 Å². The molecular weight excluding hydrogens is 214 g/mol. The number of carbonyl (C=O) groups excluding carboxylic acids is 1. The first kappa shape index (κ1) is 13.6. The molecule has 0 heterocycles. The summed E-state index contributed by atoms with van der Waals surface area (Å²) in [6.07, 6.45) is 3.50. The van der Waals surface area contributed by atoms with Crippen molar-refractivity contribution in [2.75, 3.05) is 0 Å². The van der Waals surface area contributed by atoms with Crippen LogP contribution < -0.4 is 5.32 Å². The highest BCUT2D eigenvalue weighted by Crippen LogP contribution is 2.15. The minimum Gasteiger partial charge on any atom is -0.508 e. The SMILES string of the molecule is CCCCC(C)NC(=O)Cc1ccccc1O. The zero-order valence-corrected chi connectivity index (χ0v) is 10.6. The Kier molecular flexibility index (Phi) is 5.53. The second kappa shape index (κ2) is 6.94. The highest BCUT2D eigenvalue weighted by molar-refractivity contribution is 5.79. The number of carbonyl (C=O) groups is 1. The van der Waals surface area contributed by atoms with Crippen molar-refractivity contribution >= 4 is 5.91 Å². The molecular formula is C14H21NO2. The summed E-state index contributed by atoms with van der Waals surface area (Å²) in [4.78, 5) is 11.7. The maximum atomic E-state index is 11.7. The van der Waals surface area contributed by atoms with E-state index in [4.69, 9.17) is 0 Å². The number of phenols is 1. The molecule has 1 atom stereocenters. The number of unbranched alkanes of at least 4 members (excludes halogenated alkanes) is 1. The predicted molar refractivity (Wildman–Crippen MR) is 68.9 cm³/mol. The van der Waals surface area contributed by atoms with Crippen molar-refractivity contribution in [1.29, 1.82) is 0 Å². The lowest BCUT2D eigenvalue weighted by atomic mass is 10.1. The molecule has 0 aromatic heterocycles. The molecule has 1 unspecified atom stereocenters. The molecule has 17 heavy (non-hydrogen) atoms. The third kappa shape index (κ3) is 4.89. The third-order valence-corrected chi connectivity index (χ3v) is 2.74. The Hall–Kier alpha value is -1.51. The summed E-state index contributed by atoms with van der Waals surface area (Å²) in [5.74, 6) is 0.152. The molecule has 1 aromatic carbocycles. The molecule has 0 bridgehead atoms. The quantitative estimate of drug-likeness (QED) is 0.796. The van der Waals surface area contributed by atoms with Gasteiger partial charge in [-0.25, -0.2) is 0 Å². The lowest BCUT2D eigenvalue weighted by Gasteiger charge is -2.13. The summed E-state index contributed by atoms with van der Waals surface area (Å²) in [6.45, 7) is 4.15. The number of amides is 1. The zero-order valence-electron chi connectivity index (χ0n) is 10.6. The molecule has 0 fully saturated rings. The number of aromatic hydroxyl groups is 1. The second-order valence-electron chi connectivity index (χ2n) is 4.42. The van der Waals surface area contributed by atoms with Crippen LogP contribution in [0.1, 0.15) is 38.7 Å². The molecule has 0 spiro atoms. The van der Waals surface area contributed by atoms with E-state index in [0.29, 0.717) is 5.56 Å². The molecule has 0 saturated carbocycles. The number of benzene rings is 1. The van der Waals surface area contributed by atoms with Crippen LogP contribution in [0, 0.1) is 0 Å². The van der Waals surface area contributed by atoms with Crippen LogP contribution in [0.15, 0.2) is 24.3 Å². The van der Waals surface area contributed by atoms with Crippen LogP contribution in [0.3, 0.4) is 0 Å². The first-order valence-corrected chi connectivity index (χ1v) is 6.19. The van der Waals surface area contributed by atoms with Gasteiger partial charge < -0.3 is 10.4 Å². The molecule has 0 saturated heterocycles. The van der Waals surface area contributed by atoms with Gasteiger partial charge in [-0.3, -0.25) is 4.79 Å². The van der Waals surface area contributed by atoms with Gasteiger partial charge in [-0.1, -0.05) is 38.0 Å². The molecule has 0 aliphatic carbocycles. The average Bonchev–Trinajstić information content (AvgIpc) is 2.29. The van der Waals surface area contributed by atoms with Crippen LogP contribution >= 0.6 is 0 Å². The Bertz CT molecular complexity index is 363. The first-order valence-electron chi connectivity index (χ1n) is 6.19. The molecule has 0 aliphatic heterocycles. The summed E-state index contributed by atoms with van der Waals surface area (Å²) in [6, 6.07) is 7.14. The lowest BCUT2D eigenvalue weighted by molar-refractivity contribution is -0.121. The topological polar surface area (TPSA) is 49.3 Å². The third-order valence-electron chi connectivity index (χ3n) is 2.74. The smallest absolute Gasteiger partial charge is 0.224 e. The van der Waals surface area contributed by atoms with Crippen LogP contribution in [-0.4, -0.2) is 17.1 Å². The van der Waals surface area contributed by atoms with Gasteiger partial charge in [0.15, 0.2) is 0 Å². The van der Waals surface area contributed by atoms with E-state index in [1.54, 1.807) is 18.2 Å². The molecule has 3 nitrogen and oxygen atoms in total. The van der Waals surface area contributed by atoms with E-state index in [1.165, 1.54) is 0 Å². The largest absolute Gasteiger partial charge is 0.508 e. The fourth-order valence-corrected chi connectivity index (χ4v) is 1.74. The average molecular weight is 235 g/mol. The van der Waals surface area contributed by atoms with Crippen molar-refractivity contribution in [3.8, 4) is 5.75 Å². The van der Waals surface area contributed by atoms with Gasteiger partial charge in [0.2, 0.25) is 5.91 Å². The van der Waals surface area contributed by atoms with Crippen molar-refractivity contribution < 1.29 is 9.90 Å². The minimum atomic E-state index is -0.0323. The molecule has 94 valence electrons. The van der Waals surface area contributed by atoms with Gasteiger partial charge in [0.25, 0.3) is 0 Å². The Morgan fingerprint density at radius 3 is 2.76 bits per heavy atom. The highest BCUT2D eigenvalue weighted by Gasteiger charge is 2.09. The van der Waals surface area contributed by atoms with Crippen molar-refractivity contribution in [3.63, 3.8) is 0 Å². The van der Waals surface area contributed by atoms with Gasteiger partial charge in [0.05, 0.1) is 6.42 Å². The summed E-state index contributed by atoms with van der Waals surface area (Å²) in [5.41, 5.74) is 0.674. The van der Waals surface area contributed by atoms with Gasteiger partial charge in [0, 0.05) is 11.6 Å². The summed E-state index contributed by atoms with van der Waals surface area (Å²) >= 11 is 0.